The maximum absolute atomic E-state index is 11.5. The van der Waals surface area contributed by atoms with Crippen LogP contribution in [0.1, 0.15) is 24.2 Å². The molecule has 4 rings (SSSR count). The van der Waals surface area contributed by atoms with E-state index in [1.807, 2.05) is 48.5 Å². The van der Waals surface area contributed by atoms with E-state index < -0.39 is 5.60 Å². The van der Waals surface area contributed by atoms with Crippen molar-refractivity contribution in [2.24, 2.45) is 0 Å². The average molecular weight is 420 g/mol. The van der Waals surface area contributed by atoms with E-state index in [4.69, 9.17) is 27.9 Å². The van der Waals surface area contributed by atoms with Crippen molar-refractivity contribution >= 4 is 40.1 Å². The number of epoxide rings is 1. The Kier molecular flexibility index (Phi) is 4.99. The Morgan fingerprint density at radius 3 is 2.59 bits per heavy atom. The molecular formula is C19H15Cl2N3O2S. The molecule has 5 nitrogen and oxygen atoms in total. The van der Waals surface area contributed by atoms with Crippen LogP contribution in [0.2, 0.25) is 10.0 Å². The third-order valence-corrected chi connectivity index (χ3v) is 5.87. The van der Waals surface area contributed by atoms with Gasteiger partial charge in [0.15, 0.2) is 10.3 Å². The van der Waals surface area contributed by atoms with Gasteiger partial charge in [-0.2, -0.15) is 5.10 Å². The van der Waals surface area contributed by atoms with Crippen LogP contribution in [-0.2, 0) is 21.7 Å². The minimum atomic E-state index is -0.733. The Hall–Kier alpha value is -1.86. The van der Waals surface area contributed by atoms with Gasteiger partial charge in [0, 0.05) is 28.1 Å². The molecule has 0 radical (unpaired) electrons. The van der Waals surface area contributed by atoms with E-state index in [0.717, 1.165) is 22.9 Å². The molecule has 0 amide bonds. The summed E-state index contributed by atoms with van der Waals surface area (Å²) in [5.74, 6) is 0. The van der Waals surface area contributed by atoms with E-state index in [1.165, 1.54) is 13.3 Å². The van der Waals surface area contributed by atoms with Crippen LogP contribution in [0.5, 0.6) is 0 Å². The molecular weight excluding hydrogens is 405 g/mol. The molecule has 2 unspecified atom stereocenters. The van der Waals surface area contributed by atoms with E-state index in [0.29, 0.717) is 21.7 Å². The highest BCUT2D eigenvalue weighted by Crippen LogP contribution is 2.60. The topological polar surface area (TPSA) is 60.3 Å². The molecule has 1 fully saturated rings. The molecule has 3 aromatic rings. The first kappa shape index (κ1) is 18.5. The third kappa shape index (κ3) is 3.50. The standard InChI is InChI=1S/C19H15Cl2N3O2S/c1-12(25)27-18-22-11-23-24(18)10-19(14-7-3-5-9-16(14)21)17(26-19)13-6-2-4-8-15(13)20/h2-9,11,17H,10H2,1H3. The number of benzene rings is 2. The van der Waals surface area contributed by atoms with Crippen molar-refractivity contribution in [1.29, 1.82) is 0 Å². The van der Waals surface area contributed by atoms with Crippen LogP contribution < -0.4 is 0 Å². The first-order chi connectivity index (χ1) is 13.0. The largest absolute Gasteiger partial charge is 0.354 e. The van der Waals surface area contributed by atoms with Crippen LogP contribution in [0.3, 0.4) is 0 Å². The molecule has 8 heteroatoms. The lowest BCUT2D eigenvalue weighted by atomic mass is 9.91. The molecule has 1 aromatic heterocycles. The SMILES string of the molecule is CC(=O)Sc1ncnn1CC1(c2ccccc2Cl)OC1c1ccccc1Cl. The van der Waals surface area contributed by atoms with Crippen molar-refractivity contribution in [2.45, 2.75) is 30.3 Å². The molecule has 0 N–H and O–H groups in total. The summed E-state index contributed by atoms with van der Waals surface area (Å²) in [6.07, 6.45) is 1.16. The molecule has 1 saturated heterocycles. The van der Waals surface area contributed by atoms with Crippen molar-refractivity contribution < 1.29 is 9.53 Å². The second-order valence-corrected chi connectivity index (χ2v) is 8.14. The molecule has 0 bridgehead atoms. The van der Waals surface area contributed by atoms with Gasteiger partial charge >= 0.3 is 0 Å². The minimum Gasteiger partial charge on any atom is -0.354 e. The van der Waals surface area contributed by atoms with Gasteiger partial charge in [-0.1, -0.05) is 59.6 Å². The summed E-state index contributed by atoms with van der Waals surface area (Å²) in [6.45, 7) is 1.86. The molecule has 2 heterocycles. The highest BCUT2D eigenvalue weighted by molar-refractivity contribution is 8.13. The number of carbonyl (C=O) groups excluding carboxylic acids is 1. The number of hydrogen-bond donors (Lipinski definition) is 0. The van der Waals surface area contributed by atoms with Gasteiger partial charge in [-0.05, 0) is 23.9 Å². The Morgan fingerprint density at radius 1 is 1.19 bits per heavy atom. The van der Waals surface area contributed by atoms with Gasteiger partial charge < -0.3 is 4.74 Å². The molecule has 1 aliphatic rings. The first-order valence-corrected chi connectivity index (χ1v) is 9.82. The smallest absolute Gasteiger partial charge is 0.193 e. The molecule has 2 aromatic carbocycles. The van der Waals surface area contributed by atoms with Gasteiger partial charge in [-0.25, -0.2) is 9.67 Å². The van der Waals surface area contributed by atoms with Crippen LogP contribution in [0.15, 0.2) is 60.0 Å². The number of hydrogen-bond acceptors (Lipinski definition) is 5. The predicted molar refractivity (Wildman–Crippen MR) is 105 cm³/mol. The summed E-state index contributed by atoms with van der Waals surface area (Å²) in [7, 11) is 0. The second-order valence-electron chi connectivity index (χ2n) is 6.18. The zero-order valence-electron chi connectivity index (χ0n) is 14.3. The molecule has 1 aliphatic heterocycles. The van der Waals surface area contributed by atoms with E-state index in [-0.39, 0.29) is 11.2 Å². The third-order valence-electron chi connectivity index (χ3n) is 4.41. The summed E-state index contributed by atoms with van der Waals surface area (Å²) in [4.78, 5) is 15.7. The summed E-state index contributed by atoms with van der Waals surface area (Å²) >= 11 is 13.9. The number of halogens is 2. The zero-order chi connectivity index (χ0) is 19.0. The molecule has 0 spiro atoms. The summed E-state index contributed by atoms with van der Waals surface area (Å²) < 4.78 is 7.89. The molecule has 0 aliphatic carbocycles. The zero-order valence-corrected chi connectivity index (χ0v) is 16.6. The summed E-state index contributed by atoms with van der Waals surface area (Å²) in [5.41, 5.74) is 1.01. The minimum absolute atomic E-state index is 0.0598. The fraction of sp³-hybridized carbons (Fsp3) is 0.211. The molecule has 0 saturated carbocycles. The van der Waals surface area contributed by atoms with Crippen molar-refractivity contribution in [2.75, 3.05) is 0 Å². The molecule has 2 atom stereocenters. The summed E-state index contributed by atoms with van der Waals surface area (Å²) in [5, 5.41) is 5.97. The predicted octanol–water partition coefficient (Wildman–Crippen LogP) is 4.89. The van der Waals surface area contributed by atoms with E-state index in [2.05, 4.69) is 10.1 Å². The number of rotatable bonds is 5. The Balaban J connectivity index is 1.76. The number of thioether (sulfide) groups is 1. The lowest BCUT2D eigenvalue weighted by Gasteiger charge is -2.16. The van der Waals surface area contributed by atoms with Crippen molar-refractivity contribution in [3.8, 4) is 0 Å². The number of nitrogens with zero attached hydrogens (tertiary/aromatic N) is 3. The van der Waals surface area contributed by atoms with Gasteiger partial charge in [-0.15, -0.1) is 0 Å². The van der Waals surface area contributed by atoms with Crippen molar-refractivity contribution in [1.82, 2.24) is 14.8 Å². The highest BCUT2D eigenvalue weighted by atomic mass is 35.5. The Morgan fingerprint density at radius 2 is 1.89 bits per heavy atom. The Labute approximate surface area is 170 Å². The van der Waals surface area contributed by atoms with Crippen LogP contribution in [0, 0.1) is 0 Å². The maximum Gasteiger partial charge on any atom is 0.193 e. The van der Waals surface area contributed by atoms with Gasteiger partial charge in [0.25, 0.3) is 0 Å². The highest BCUT2D eigenvalue weighted by Gasteiger charge is 2.60. The van der Waals surface area contributed by atoms with Crippen LogP contribution in [0.4, 0.5) is 0 Å². The van der Waals surface area contributed by atoms with Gasteiger partial charge in [-0.3, -0.25) is 4.79 Å². The maximum atomic E-state index is 11.5. The number of ether oxygens (including phenoxy) is 1. The van der Waals surface area contributed by atoms with Crippen molar-refractivity contribution in [3.63, 3.8) is 0 Å². The van der Waals surface area contributed by atoms with E-state index in [1.54, 1.807) is 4.68 Å². The quantitative estimate of drug-likeness (QED) is 0.435. The van der Waals surface area contributed by atoms with Gasteiger partial charge in [0.05, 0.1) is 6.54 Å². The fourth-order valence-corrected chi connectivity index (χ4v) is 4.29. The molecule has 138 valence electrons. The fourth-order valence-electron chi connectivity index (χ4n) is 3.19. The van der Waals surface area contributed by atoms with Crippen LogP contribution in [-0.4, -0.2) is 19.9 Å². The molecule has 27 heavy (non-hydrogen) atoms. The van der Waals surface area contributed by atoms with Crippen LogP contribution in [0.25, 0.3) is 0 Å². The normalized spacial score (nSPS) is 21.2. The van der Waals surface area contributed by atoms with Crippen LogP contribution >= 0.6 is 35.0 Å². The Bertz CT molecular complexity index is 1010. The first-order valence-electron chi connectivity index (χ1n) is 8.25. The van der Waals surface area contributed by atoms with Crippen molar-refractivity contribution in [3.05, 3.63) is 76.0 Å². The second kappa shape index (κ2) is 7.28. The van der Waals surface area contributed by atoms with Gasteiger partial charge in [0.2, 0.25) is 0 Å². The van der Waals surface area contributed by atoms with E-state index >= 15 is 0 Å². The van der Waals surface area contributed by atoms with E-state index in [9.17, 15) is 4.79 Å². The summed E-state index contributed by atoms with van der Waals surface area (Å²) in [6, 6.07) is 15.1. The average Bonchev–Trinajstić information content (AvgIpc) is 3.19. The number of carbonyl (C=O) groups is 1. The number of aromatic nitrogens is 3. The van der Waals surface area contributed by atoms with Gasteiger partial charge in [0.1, 0.15) is 18.0 Å². The lowest BCUT2D eigenvalue weighted by Crippen LogP contribution is -2.21. The monoisotopic (exact) mass is 419 g/mol. The lowest BCUT2D eigenvalue weighted by molar-refractivity contribution is -0.109.